The van der Waals surface area contributed by atoms with Gasteiger partial charge in [0, 0.05) is 6.04 Å². The van der Waals surface area contributed by atoms with Crippen LogP contribution >= 0.6 is 0 Å². The molecule has 1 saturated carbocycles. The average Bonchev–Trinajstić information content (AvgIpc) is 2.81. The Morgan fingerprint density at radius 1 is 1.00 bits per heavy atom. The highest BCUT2D eigenvalue weighted by Crippen LogP contribution is 2.34. The second-order valence-electron chi connectivity index (χ2n) is 9.89. The number of likely N-dealkylation sites (tertiary alicyclic amines) is 1. The van der Waals surface area contributed by atoms with Crippen LogP contribution in [0.2, 0.25) is 0 Å². The number of carboxylic acid groups (broad SMARTS) is 1. The van der Waals surface area contributed by atoms with Gasteiger partial charge in [-0.25, -0.2) is 0 Å². The summed E-state index contributed by atoms with van der Waals surface area (Å²) in [7, 11) is 0. The van der Waals surface area contributed by atoms with Crippen LogP contribution in [0, 0.1) is 11.8 Å². The predicted molar refractivity (Wildman–Crippen MR) is 130 cm³/mol. The molecule has 4 heteroatoms. The van der Waals surface area contributed by atoms with Crippen molar-refractivity contribution in [2.75, 3.05) is 13.1 Å². The molecule has 0 amide bonds. The van der Waals surface area contributed by atoms with Crippen molar-refractivity contribution >= 4 is 16.7 Å². The summed E-state index contributed by atoms with van der Waals surface area (Å²) < 4.78 is 6.36. The number of fused-ring (bicyclic) bond motifs is 1. The molecule has 2 fully saturated rings. The van der Waals surface area contributed by atoms with E-state index in [1.165, 1.54) is 54.9 Å². The lowest BCUT2D eigenvalue weighted by molar-refractivity contribution is -0.143. The molecule has 1 aliphatic carbocycles. The van der Waals surface area contributed by atoms with E-state index >= 15 is 0 Å². The fourth-order valence-corrected chi connectivity index (χ4v) is 5.82. The van der Waals surface area contributed by atoms with Gasteiger partial charge in [-0.05, 0) is 98.5 Å². The number of aliphatic carboxylic acids is 1. The Labute approximate surface area is 192 Å². The zero-order valence-electron chi connectivity index (χ0n) is 19.8. The van der Waals surface area contributed by atoms with Gasteiger partial charge in [0.05, 0.1) is 12.0 Å². The van der Waals surface area contributed by atoms with Crippen LogP contribution in [0.25, 0.3) is 10.8 Å². The summed E-state index contributed by atoms with van der Waals surface area (Å²) in [5.74, 6) is 1.07. The first-order valence-electron chi connectivity index (χ1n) is 12.7. The number of benzene rings is 2. The third-order valence-electron chi connectivity index (χ3n) is 7.72. The topological polar surface area (TPSA) is 49.8 Å². The fraction of sp³-hybridized carbons (Fsp3) is 0.607. The van der Waals surface area contributed by atoms with E-state index in [4.69, 9.17) is 4.74 Å². The van der Waals surface area contributed by atoms with Crippen molar-refractivity contribution in [1.29, 1.82) is 0 Å². The molecule has 0 bridgehead atoms. The molecular formula is C28H39NO3. The monoisotopic (exact) mass is 437 g/mol. The number of carbonyl (C=O) groups is 1. The number of piperidine rings is 1. The molecular weight excluding hydrogens is 398 g/mol. The van der Waals surface area contributed by atoms with E-state index < -0.39 is 5.97 Å². The molecule has 1 atom stereocenters. The molecule has 0 aromatic heterocycles. The van der Waals surface area contributed by atoms with Gasteiger partial charge in [0.15, 0.2) is 0 Å². The van der Waals surface area contributed by atoms with Crippen LogP contribution in [0.4, 0.5) is 0 Å². The summed E-state index contributed by atoms with van der Waals surface area (Å²) >= 11 is 0. The number of nitrogens with zero attached hydrogens (tertiary/aromatic N) is 1. The first-order chi connectivity index (χ1) is 15.6. The third kappa shape index (κ3) is 5.46. The van der Waals surface area contributed by atoms with Gasteiger partial charge >= 0.3 is 5.97 Å². The van der Waals surface area contributed by atoms with Crippen molar-refractivity contribution < 1.29 is 14.6 Å². The van der Waals surface area contributed by atoms with Crippen LogP contribution in [0.3, 0.4) is 0 Å². The van der Waals surface area contributed by atoms with Crippen molar-refractivity contribution in [2.45, 2.75) is 83.8 Å². The second kappa shape index (κ2) is 10.7. The lowest BCUT2D eigenvalue weighted by Crippen LogP contribution is -2.38. The number of ether oxygens (including phenoxy) is 1. The Hall–Kier alpha value is -2.07. The second-order valence-corrected chi connectivity index (χ2v) is 9.89. The summed E-state index contributed by atoms with van der Waals surface area (Å²) in [6, 6.07) is 13.7. The lowest BCUT2D eigenvalue weighted by Gasteiger charge is -2.36. The molecule has 1 saturated heterocycles. The van der Waals surface area contributed by atoms with Gasteiger partial charge in [-0.3, -0.25) is 9.69 Å². The minimum absolute atomic E-state index is 0.180. The summed E-state index contributed by atoms with van der Waals surface area (Å²) in [4.78, 5) is 13.7. The zero-order chi connectivity index (χ0) is 22.5. The van der Waals surface area contributed by atoms with E-state index in [2.05, 4.69) is 55.1 Å². The summed E-state index contributed by atoms with van der Waals surface area (Å²) in [5.41, 5.74) is 1.33. The van der Waals surface area contributed by atoms with E-state index in [1.54, 1.807) is 0 Å². The fourth-order valence-electron chi connectivity index (χ4n) is 5.82. The molecule has 4 nitrogen and oxygen atoms in total. The third-order valence-corrected chi connectivity index (χ3v) is 7.72. The molecule has 0 radical (unpaired) electrons. The molecule has 1 unspecified atom stereocenters. The number of rotatable bonds is 8. The highest BCUT2D eigenvalue weighted by atomic mass is 16.5. The Bertz CT molecular complexity index is 895. The van der Waals surface area contributed by atoms with Crippen molar-refractivity contribution in [2.24, 2.45) is 11.8 Å². The highest BCUT2D eigenvalue weighted by molar-refractivity contribution is 5.84. The quantitative estimate of drug-likeness (QED) is 0.492. The smallest absolute Gasteiger partial charge is 0.306 e. The van der Waals surface area contributed by atoms with Crippen LogP contribution in [0.1, 0.15) is 83.2 Å². The SMILES string of the molecule is CCCC1CCC(Oc2ccc3cc(C(CC)N4CCC(C(=O)O)CC4)ccc3c2)CC1. The van der Waals surface area contributed by atoms with Crippen molar-refractivity contribution in [3.05, 3.63) is 42.0 Å². The molecule has 32 heavy (non-hydrogen) atoms. The maximum Gasteiger partial charge on any atom is 0.306 e. The van der Waals surface area contributed by atoms with Crippen LogP contribution in [0.5, 0.6) is 5.75 Å². The van der Waals surface area contributed by atoms with E-state index in [-0.39, 0.29) is 5.92 Å². The van der Waals surface area contributed by atoms with E-state index in [0.29, 0.717) is 12.1 Å². The first-order valence-corrected chi connectivity index (χ1v) is 12.7. The lowest BCUT2D eigenvalue weighted by atomic mass is 9.85. The van der Waals surface area contributed by atoms with Gasteiger partial charge in [-0.1, -0.05) is 44.9 Å². The predicted octanol–water partition coefficient (Wildman–Crippen LogP) is 6.83. The maximum absolute atomic E-state index is 11.3. The van der Waals surface area contributed by atoms with Crippen LogP contribution in [-0.4, -0.2) is 35.2 Å². The molecule has 2 aromatic carbocycles. The normalized spacial score (nSPS) is 23.8. The highest BCUT2D eigenvalue weighted by Gasteiger charge is 2.28. The first kappa shape index (κ1) is 23.1. The average molecular weight is 438 g/mol. The maximum atomic E-state index is 11.3. The standard InChI is InChI=1S/C28H39NO3/c1-3-5-20-6-11-25(12-7-20)32-26-13-10-22-18-24(9-8-23(22)19-26)27(4-2)29-16-14-21(15-17-29)28(30)31/h8-10,13,18-21,25,27H,3-7,11-12,14-17H2,1-2H3,(H,30,31). The van der Waals surface area contributed by atoms with Gasteiger partial charge in [0.2, 0.25) is 0 Å². The summed E-state index contributed by atoms with van der Waals surface area (Å²) in [6.45, 7) is 6.24. The molecule has 174 valence electrons. The van der Waals surface area contributed by atoms with Crippen molar-refractivity contribution in [1.82, 2.24) is 4.90 Å². The van der Waals surface area contributed by atoms with Crippen molar-refractivity contribution in [3.63, 3.8) is 0 Å². The molecule has 2 aliphatic rings. The van der Waals surface area contributed by atoms with Crippen LogP contribution < -0.4 is 4.74 Å². The molecule has 1 heterocycles. The van der Waals surface area contributed by atoms with Crippen LogP contribution in [-0.2, 0) is 4.79 Å². The number of carboxylic acids is 1. The van der Waals surface area contributed by atoms with E-state index in [9.17, 15) is 9.90 Å². The van der Waals surface area contributed by atoms with E-state index in [1.807, 2.05) is 0 Å². The Morgan fingerprint density at radius 2 is 1.69 bits per heavy atom. The molecule has 2 aromatic rings. The molecule has 4 rings (SSSR count). The number of hydrogen-bond acceptors (Lipinski definition) is 3. The van der Waals surface area contributed by atoms with Gasteiger partial charge < -0.3 is 9.84 Å². The molecule has 1 N–H and O–H groups in total. The largest absolute Gasteiger partial charge is 0.490 e. The minimum Gasteiger partial charge on any atom is -0.490 e. The van der Waals surface area contributed by atoms with Crippen molar-refractivity contribution in [3.8, 4) is 5.75 Å². The summed E-state index contributed by atoms with van der Waals surface area (Å²) in [5, 5.41) is 11.8. The minimum atomic E-state index is -0.643. The van der Waals surface area contributed by atoms with Gasteiger partial charge in [0.1, 0.15) is 5.75 Å². The van der Waals surface area contributed by atoms with Gasteiger partial charge in [-0.2, -0.15) is 0 Å². The Balaban J connectivity index is 1.40. The Kier molecular flexibility index (Phi) is 7.72. The van der Waals surface area contributed by atoms with Gasteiger partial charge in [-0.15, -0.1) is 0 Å². The number of hydrogen-bond donors (Lipinski definition) is 1. The Morgan fingerprint density at radius 3 is 2.34 bits per heavy atom. The summed E-state index contributed by atoms with van der Waals surface area (Å²) in [6.07, 6.45) is 10.5. The molecule has 0 spiro atoms. The van der Waals surface area contributed by atoms with Gasteiger partial charge in [0.25, 0.3) is 0 Å². The van der Waals surface area contributed by atoms with Crippen LogP contribution in [0.15, 0.2) is 36.4 Å². The molecule has 1 aliphatic heterocycles. The zero-order valence-corrected chi connectivity index (χ0v) is 19.8. The van der Waals surface area contributed by atoms with E-state index in [0.717, 1.165) is 44.0 Å².